The number of methoxy groups -OCH3 is 1. The number of carbonyl (C=O) groups is 1. The van der Waals surface area contributed by atoms with Crippen LogP contribution in [0.3, 0.4) is 0 Å². The first kappa shape index (κ1) is 22.7. The summed E-state index contributed by atoms with van der Waals surface area (Å²) < 4.78 is 39.2. The molecule has 9 nitrogen and oxygen atoms in total. The van der Waals surface area contributed by atoms with Gasteiger partial charge in [-0.25, -0.2) is 13.3 Å². The zero-order valence-electron chi connectivity index (χ0n) is 18.0. The van der Waals surface area contributed by atoms with Crippen LogP contribution in [0.2, 0.25) is 0 Å². The minimum atomic E-state index is -3.71. The second kappa shape index (κ2) is 8.83. The molecule has 2 aromatic rings. The van der Waals surface area contributed by atoms with Crippen LogP contribution >= 0.6 is 11.9 Å². The van der Waals surface area contributed by atoms with Crippen LogP contribution in [0.25, 0.3) is 6.08 Å². The van der Waals surface area contributed by atoms with Crippen molar-refractivity contribution in [2.24, 2.45) is 9.39 Å². The number of nitrogens with zero attached hydrogens (tertiary/aromatic N) is 3. The number of rotatable bonds is 5. The Hall–Kier alpha value is -3.44. The van der Waals surface area contributed by atoms with Gasteiger partial charge in [0.15, 0.2) is 11.5 Å². The Balaban J connectivity index is 1.59. The van der Waals surface area contributed by atoms with E-state index >= 15 is 0 Å². The fourth-order valence-electron chi connectivity index (χ4n) is 3.14. The first-order chi connectivity index (χ1) is 15.7. The van der Waals surface area contributed by atoms with Crippen LogP contribution in [0.5, 0.6) is 11.5 Å². The van der Waals surface area contributed by atoms with Gasteiger partial charge in [0, 0.05) is 6.26 Å². The number of aryl methyl sites for hydroxylation is 1. The van der Waals surface area contributed by atoms with Crippen LogP contribution in [0.1, 0.15) is 16.7 Å². The second-order valence-electron chi connectivity index (χ2n) is 7.36. The molecule has 4 rings (SSSR count). The number of benzene rings is 2. The predicted octanol–water partition coefficient (Wildman–Crippen LogP) is 3.20. The van der Waals surface area contributed by atoms with Crippen LogP contribution < -0.4 is 9.47 Å². The smallest absolute Gasteiger partial charge is 0.283 e. The number of aliphatic imine (C=N–C) groups is 1. The lowest BCUT2D eigenvalue weighted by Crippen LogP contribution is -2.45. The van der Waals surface area contributed by atoms with Crippen LogP contribution in [0, 0.1) is 12.3 Å². The van der Waals surface area contributed by atoms with Crippen LogP contribution in [0.4, 0.5) is 0 Å². The lowest BCUT2D eigenvalue weighted by Gasteiger charge is -2.23. The molecule has 0 saturated carbocycles. The molecule has 0 aromatic heterocycles. The molecule has 0 radical (unpaired) electrons. The van der Waals surface area contributed by atoms with E-state index in [-0.39, 0.29) is 21.7 Å². The quantitative estimate of drug-likeness (QED) is 0.511. The first-order valence-electron chi connectivity index (χ1n) is 9.72. The third kappa shape index (κ3) is 4.69. The Morgan fingerprint density at radius 1 is 1.15 bits per heavy atom. The van der Waals surface area contributed by atoms with Gasteiger partial charge in [0.1, 0.15) is 12.4 Å². The monoisotopic (exact) mass is 484 g/mol. The number of amidine groups is 3. The molecule has 170 valence electrons. The van der Waals surface area contributed by atoms with Gasteiger partial charge in [-0.15, -0.1) is 0 Å². The predicted molar refractivity (Wildman–Crippen MR) is 128 cm³/mol. The van der Waals surface area contributed by atoms with E-state index in [9.17, 15) is 13.2 Å². The molecule has 0 bridgehead atoms. The van der Waals surface area contributed by atoms with Gasteiger partial charge in [0.2, 0.25) is 20.2 Å². The maximum absolute atomic E-state index is 12.5. The Kier molecular flexibility index (Phi) is 6.09. The summed E-state index contributed by atoms with van der Waals surface area (Å²) in [7, 11) is -2.20. The van der Waals surface area contributed by atoms with Gasteiger partial charge >= 0.3 is 0 Å². The highest BCUT2D eigenvalue weighted by Crippen LogP contribution is 2.32. The second-order valence-corrected chi connectivity index (χ2v) is 10.0. The molecule has 0 spiro atoms. The van der Waals surface area contributed by atoms with Gasteiger partial charge in [-0.2, -0.15) is 9.39 Å². The fraction of sp³-hybridized carbons (Fsp3) is 0.182. The molecule has 0 atom stereocenters. The standard InChI is InChI=1S/C22H20N4O5S2/c1-13-4-6-14(7-5-13)12-31-17-9-8-15(11-18(17)30-2)10-16-19(23)26-21(24-20(16)27)32-25-22(26)33(3,28)29/h4-11,23H,12H2,1-3H3/b16-10-,23-19?. The van der Waals surface area contributed by atoms with Gasteiger partial charge in [-0.3, -0.25) is 10.2 Å². The summed E-state index contributed by atoms with van der Waals surface area (Å²) in [5, 5.41) is 8.14. The number of ether oxygens (including phenoxy) is 2. The lowest BCUT2D eigenvalue weighted by atomic mass is 10.1. The van der Waals surface area contributed by atoms with Crippen LogP contribution in [-0.2, 0) is 21.2 Å². The van der Waals surface area contributed by atoms with Crippen molar-refractivity contribution in [2.75, 3.05) is 13.4 Å². The first-order valence-corrected chi connectivity index (χ1v) is 12.4. The summed E-state index contributed by atoms with van der Waals surface area (Å²) in [4.78, 5) is 17.5. The largest absolute Gasteiger partial charge is 0.493 e. The zero-order chi connectivity index (χ0) is 23.8. The summed E-state index contributed by atoms with van der Waals surface area (Å²) >= 11 is 0.749. The van der Waals surface area contributed by atoms with Crippen molar-refractivity contribution >= 4 is 49.9 Å². The summed E-state index contributed by atoms with van der Waals surface area (Å²) in [5.41, 5.74) is 2.67. The molecule has 2 aliphatic heterocycles. The molecular weight excluding hydrogens is 464 g/mol. The average molecular weight is 485 g/mol. The highest BCUT2D eigenvalue weighted by Gasteiger charge is 2.41. The van der Waals surface area contributed by atoms with Gasteiger partial charge in [0.25, 0.3) is 5.91 Å². The van der Waals surface area contributed by atoms with Crippen LogP contribution in [-0.4, -0.2) is 48.8 Å². The lowest BCUT2D eigenvalue weighted by molar-refractivity contribution is -0.114. The van der Waals surface area contributed by atoms with Crippen molar-refractivity contribution in [3.8, 4) is 11.5 Å². The van der Waals surface area contributed by atoms with Gasteiger partial charge in [0.05, 0.1) is 24.6 Å². The number of nitrogens with one attached hydrogen (secondary N) is 1. The van der Waals surface area contributed by atoms with E-state index in [1.807, 2.05) is 31.2 Å². The van der Waals surface area contributed by atoms with E-state index in [0.717, 1.165) is 34.2 Å². The number of fused-ring (bicyclic) bond motifs is 1. The normalized spacial score (nSPS) is 17.1. The summed E-state index contributed by atoms with van der Waals surface area (Å²) in [6.07, 6.45) is 2.45. The van der Waals surface area contributed by atoms with E-state index < -0.39 is 15.7 Å². The van der Waals surface area contributed by atoms with Crippen LogP contribution in [0.15, 0.2) is 57.4 Å². The molecular formula is C22H20N4O5S2. The van der Waals surface area contributed by atoms with Gasteiger partial charge < -0.3 is 9.47 Å². The van der Waals surface area contributed by atoms with Crippen molar-refractivity contribution in [3.05, 3.63) is 64.7 Å². The highest BCUT2D eigenvalue weighted by molar-refractivity contribution is 8.16. The minimum Gasteiger partial charge on any atom is -0.493 e. The molecule has 11 heteroatoms. The molecule has 1 N–H and O–H groups in total. The minimum absolute atomic E-state index is 0.0417. The van der Waals surface area contributed by atoms with E-state index in [1.54, 1.807) is 18.2 Å². The molecule has 33 heavy (non-hydrogen) atoms. The SMILES string of the molecule is COc1cc(/C=C2/C(=N)N3C(=NC2=O)SN=C3S(C)(=O)=O)ccc1OCc1ccc(C)cc1. The molecule has 2 aromatic carbocycles. The van der Waals surface area contributed by atoms with Crippen molar-refractivity contribution in [2.45, 2.75) is 13.5 Å². The number of carbonyl (C=O) groups excluding carboxylic acids is 1. The third-order valence-corrected chi connectivity index (χ3v) is 6.59. The zero-order valence-corrected chi connectivity index (χ0v) is 19.7. The van der Waals surface area contributed by atoms with E-state index in [0.29, 0.717) is 23.7 Å². The van der Waals surface area contributed by atoms with Gasteiger partial charge in [-0.1, -0.05) is 35.9 Å². The van der Waals surface area contributed by atoms with Crippen molar-refractivity contribution in [1.29, 1.82) is 5.41 Å². The van der Waals surface area contributed by atoms with E-state index in [4.69, 9.17) is 14.9 Å². The maximum Gasteiger partial charge on any atom is 0.283 e. The molecule has 0 saturated heterocycles. The average Bonchev–Trinajstić information content (AvgIpc) is 3.21. The fourth-order valence-corrected chi connectivity index (χ4v) is 4.99. The molecule has 1 amide bonds. The molecule has 0 unspecified atom stereocenters. The number of hydrogen-bond donors (Lipinski definition) is 1. The van der Waals surface area contributed by atoms with Crippen molar-refractivity contribution < 1.29 is 22.7 Å². The molecule has 2 aliphatic rings. The summed E-state index contributed by atoms with van der Waals surface area (Å²) in [6, 6.07) is 13.1. The Morgan fingerprint density at radius 2 is 1.88 bits per heavy atom. The van der Waals surface area contributed by atoms with E-state index in [1.165, 1.54) is 13.2 Å². The summed E-state index contributed by atoms with van der Waals surface area (Å²) in [5.74, 6) is 0.0128. The Labute approximate surface area is 195 Å². The van der Waals surface area contributed by atoms with Gasteiger partial charge in [-0.05, 0) is 36.3 Å². The molecule has 2 heterocycles. The Morgan fingerprint density at radius 3 is 2.55 bits per heavy atom. The third-order valence-electron chi connectivity index (χ3n) is 4.84. The number of amides is 1. The van der Waals surface area contributed by atoms with Crippen molar-refractivity contribution in [3.63, 3.8) is 0 Å². The molecule has 0 fully saturated rings. The van der Waals surface area contributed by atoms with E-state index in [2.05, 4.69) is 9.39 Å². The maximum atomic E-state index is 12.5. The topological polar surface area (TPSA) is 121 Å². The molecule has 0 aliphatic carbocycles. The van der Waals surface area contributed by atoms with Crippen molar-refractivity contribution in [1.82, 2.24) is 4.90 Å². The Bertz CT molecular complexity index is 1350. The number of hydrogen-bond acceptors (Lipinski definition) is 8. The highest BCUT2D eigenvalue weighted by atomic mass is 32.2. The number of sulfone groups is 1. The summed E-state index contributed by atoms with van der Waals surface area (Å²) in [6.45, 7) is 2.37.